The van der Waals surface area contributed by atoms with Crippen molar-refractivity contribution >= 4 is 5.84 Å². The van der Waals surface area contributed by atoms with Crippen LogP contribution in [0.2, 0.25) is 0 Å². The summed E-state index contributed by atoms with van der Waals surface area (Å²) in [5.74, 6) is -0.696. The average molecular weight is 276 g/mol. The topological polar surface area (TPSA) is 59.1 Å². The van der Waals surface area contributed by atoms with E-state index in [1.807, 2.05) is 0 Å². The Labute approximate surface area is 115 Å². The average Bonchev–Trinajstić information content (AvgIpc) is 2.41. The van der Waals surface area contributed by atoms with Gasteiger partial charge in [-0.15, -0.1) is 0 Å². The summed E-state index contributed by atoms with van der Waals surface area (Å²) in [6.45, 7) is 1.74. The molecule has 0 amide bonds. The van der Waals surface area contributed by atoms with Gasteiger partial charge >= 0.3 is 0 Å². The van der Waals surface area contributed by atoms with Gasteiger partial charge in [0.05, 0.1) is 0 Å². The highest BCUT2D eigenvalue weighted by Gasteiger charge is 2.08. The van der Waals surface area contributed by atoms with E-state index in [4.69, 9.17) is 15.9 Å². The van der Waals surface area contributed by atoms with Crippen molar-refractivity contribution in [3.8, 4) is 5.75 Å². The molecule has 2 aromatic rings. The number of amidine groups is 1. The molecule has 2 rings (SSSR count). The van der Waals surface area contributed by atoms with Gasteiger partial charge in [-0.05, 0) is 30.7 Å². The molecule has 0 aliphatic rings. The minimum Gasteiger partial charge on any atom is -0.489 e. The van der Waals surface area contributed by atoms with Crippen LogP contribution in [0.5, 0.6) is 5.75 Å². The first-order valence-electron chi connectivity index (χ1n) is 5.99. The summed E-state index contributed by atoms with van der Waals surface area (Å²) < 4.78 is 32.0. The Kier molecular flexibility index (Phi) is 3.98. The molecule has 0 unspecified atom stereocenters. The van der Waals surface area contributed by atoms with E-state index in [1.54, 1.807) is 19.1 Å². The molecule has 2 aromatic carbocycles. The molecule has 0 atom stereocenters. The first-order chi connectivity index (χ1) is 9.47. The van der Waals surface area contributed by atoms with E-state index in [2.05, 4.69) is 0 Å². The summed E-state index contributed by atoms with van der Waals surface area (Å²) in [5.41, 5.74) is 6.77. The molecule has 0 saturated heterocycles. The Morgan fingerprint density at radius 3 is 2.60 bits per heavy atom. The largest absolute Gasteiger partial charge is 0.489 e. The van der Waals surface area contributed by atoms with Gasteiger partial charge in [0, 0.05) is 17.2 Å². The number of benzene rings is 2. The highest BCUT2D eigenvalue weighted by molar-refractivity contribution is 5.96. The summed E-state index contributed by atoms with van der Waals surface area (Å²) in [6.07, 6.45) is 0. The van der Waals surface area contributed by atoms with Crippen LogP contribution >= 0.6 is 0 Å². The molecule has 0 radical (unpaired) electrons. The molecule has 0 aliphatic carbocycles. The highest BCUT2D eigenvalue weighted by Crippen LogP contribution is 2.19. The number of rotatable bonds is 4. The summed E-state index contributed by atoms with van der Waals surface area (Å²) in [4.78, 5) is 0. The van der Waals surface area contributed by atoms with Gasteiger partial charge in [-0.3, -0.25) is 5.41 Å². The zero-order valence-electron chi connectivity index (χ0n) is 10.9. The lowest BCUT2D eigenvalue weighted by Gasteiger charge is -2.11. The predicted octanol–water partition coefficient (Wildman–Crippen LogP) is 3.14. The normalized spacial score (nSPS) is 10.3. The number of nitrogens with one attached hydrogen (secondary N) is 1. The lowest BCUT2D eigenvalue weighted by Crippen LogP contribution is -2.15. The first-order valence-corrected chi connectivity index (χ1v) is 5.99. The van der Waals surface area contributed by atoms with E-state index in [-0.39, 0.29) is 23.8 Å². The fourth-order valence-electron chi connectivity index (χ4n) is 1.75. The molecule has 0 fully saturated rings. The summed E-state index contributed by atoms with van der Waals surface area (Å²) in [5, 5.41) is 7.41. The SMILES string of the molecule is Cc1ccc(OCc2ccc(F)cc2C(=N)N)cc1F. The minimum absolute atomic E-state index is 0.0810. The summed E-state index contributed by atoms with van der Waals surface area (Å²) in [7, 11) is 0. The Bertz CT molecular complexity index is 656. The van der Waals surface area contributed by atoms with Crippen molar-refractivity contribution in [1.29, 1.82) is 5.41 Å². The highest BCUT2D eigenvalue weighted by atomic mass is 19.1. The van der Waals surface area contributed by atoms with Crippen LogP contribution < -0.4 is 10.5 Å². The van der Waals surface area contributed by atoms with E-state index >= 15 is 0 Å². The molecule has 0 heterocycles. The van der Waals surface area contributed by atoms with Crippen LogP contribution in [0.1, 0.15) is 16.7 Å². The van der Waals surface area contributed by atoms with Crippen molar-refractivity contribution in [2.75, 3.05) is 0 Å². The second-order valence-corrected chi connectivity index (χ2v) is 4.41. The zero-order chi connectivity index (χ0) is 14.7. The molecule has 0 saturated carbocycles. The molecule has 0 aliphatic heterocycles. The van der Waals surface area contributed by atoms with Gasteiger partial charge in [-0.2, -0.15) is 0 Å². The molecule has 0 bridgehead atoms. The number of hydrogen-bond acceptors (Lipinski definition) is 2. The van der Waals surface area contributed by atoms with Crippen molar-refractivity contribution in [2.45, 2.75) is 13.5 Å². The maximum absolute atomic E-state index is 13.4. The fraction of sp³-hybridized carbons (Fsp3) is 0.133. The van der Waals surface area contributed by atoms with E-state index < -0.39 is 5.82 Å². The Balaban J connectivity index is 2.18. The lowest BCUT2D eigenvalue weighted by atomic mass is 10.1. The number of hydrogen-bond donors (Lipinski definition) is 2. The third kappa shape index (κ3) is 3.12. The van der Waals surface area contributed by atoms with Crippen LogP contribution in [0.4, 0.5) is 8.78 Å². The molecular weight excluding hydrogens is 262 g/mol. The zero-order valence-corrected chi connectivity index (χ0v) is 10.9. The van der Waals surface area contributed by atoms with E-state index in [0.29, 0.717) is 16.9 Å². The van der Waals surface area contributed by atoms with E-state index in [9.17, 15) is 8.78 Å². The Morgan fingerprint density at radius 1 is 1.20 bits per heavy atom. The number of aryl methyl sites for hydroxylation is 1. The van der Waals surface area contributed by atoms with Crippen LogP contribution in [0, 0.1) is 24.0 Å². The summed E-state index contributed by atoms with van der Waals surface area (Å²) in [6, 6.07) is 8.48. The number of halogens is 2. The minimum atomic E-state index is -0.472. The predicted molar refractivity (Wildman–Crippen MR) is 72.9 cm³/mol. The second kappa shape index (κ2) is 5.69. The van der Waals surface area contributed by atoms with Gasteiger partial charge in [-0.1, -0.05) is 12.1 Å². The Hall–Kier alpha value is -2.43. The monoisotopic (exact) mass is 276 g/mol. The van der Waals surface area contributed by atoms with Gasteiger partial charge < -0.3 is 10.5 Å². The van der Waals surface area contributed by atoms with Crippen LogP contribution in [-0.2, 0) is 6.61 Å². The molecule has 0 spiro atoms. The second-order valence-electron chi connectivity index (χ2n) is 4.41. The van der Waals surface area contributed by atoms with Crippen LogP contribution in [-0.4, -0.2) is 5.84 Å². The molecule has 5 heteroatoms. The molecule has 104 valence electrons. The van der Waals surface area contributed by atoms with Crippen molar-refractivity contribution in [2.24, 2.45) is 5.73 Å². The third-order valence-electron chi connectivity index (χ3n) is 2.90. The van der Waals surface area contributed by atoms with Crippen molar-refractivity contribution < 1.29 is 13.5 Å². The molecule has 3 nitrogen and oxygen atoms in total. The van der Waals surface area contributed by atoms with Gasteiger partial charge in [0.15, 0.2) is 0 Å². The fourth-order valence-corrected chi connectivity index (χ4v) is 1.75. The first kappa shape index (κ1) is 14.0. The summed E-state index contributed by atoms with van der Waals surface area (Å²) >= 11 is 0. The molecule has 3 N–H and O–H groups in total. The van der Waals surface area contributed by atoms with Crippen molar-refractivity contribution in [1.82, 2.24) is 0 Å². The maximum Gasteiger partial charge on any atom is 0.129 e. The van der Waals surface area contributed by atoms with Crippen molar-refractivity contribution in [3.05, 3.63) is 64.7 Å². The quantitative estimate of drug-likeness (QED) is 0.665. The molecular formula is C15H14F2N2O. The van der Waals surface area contributed by atoms with E-state index in [1.165, 1.54) is 24.3 Å². The lowest BCUT2D eigenvalue weighted by molar-refractivity contribution is 0.304. The van der Waals surface area contributed by atoms with E-state index in [0.717, 1.165) is 0 Å². The van der Waals surface area contributed by atoms with Crippen LogP contribution in [0.3, 0.4) is 0 Å². The number of nitrogens with two attached hydrogens (primary N) is 1. The molecule has 0 aromatic heterocycles. The smallest absolute Gasteiger partial charge is 0.129 e. The number of nitrogen functional groups attached to an aromatic ring is 1. The van der Waals surface area contributed by atoms with Gasteiger partial charge in [0.1, 0.15) is 29.8 Å². The van der Waals surface area contributed by atoms with Crippen molar-refractivity contribution in [3.63, 3.8) is 0 Å². The van der Waals surface area contributed by atoms with Crippen LogP contribution in [0.25, 0.3) is 0 Å². The maximum atomic E-state index is 13.4. The standard InChI is InChI=1S/C15H14F2N2O/c1-9-2-5-12(7-14(9)17)20-8-10-3-4-11(16)6-13(10)15(18)19/h2-7H,8H2,1H3,(H3,18,19). The molecule has 20 heavy (non-hydrogen) atoms. The van der Waals surface area contributed by atoms with Gasteiger partial charge in [0.2, 0.25) is 0 Å². The third-order valence-corrected chi connectivity index (χ3v) is 2.90. The van der Waals surface area contributed by atoms with Gasteiger partial charge in [0.25, 0.3) is 0 Å². The van der Waals surface area contributed by atoms with Gasteiger partial charge in [-0.25, -0.2) is 8.78 Å². The van der Waals surface area contributed by atoms with Crippen LogP contribution in [0.15, 0.2) is 36.4 Å². The number of ether oxygens (including phenoxy) is 1. The Morgan fingerprint density at radius 2 is 1.95 bits per heavy atom.